The third kappa shape index (κ3) is 2.92. The molecule has 1 aromatic heterocycles. The van der Waals surface area contributed by atoms with Crippen LogP contribution in [0, 0.1) is 6.92 Å². The standard InChI is InChI=1S/C15H21N5/c1-11-10-14(18-13-6-4-12(16)5-7-13)19-15(17-11)20-8-2-3-9-20/h4,6,10H,2-3,5,7-9,16H2,1H3,(H,17,18,19). The number of nitrogens with two attached hydrogens (primary N) is 1. The van der Waals surface area contributed by atoms with Crippen LogP contribution in [0.1, 0.15) is 31.4 Å². The van der Waals surface area contributed by atoms with E-state index in [1.807, 2.05) is 25.1 Å². The molecule has 1 aromatic rings. The van der Waals surface area contributed by atoms with E-state index in [0.29, 0.717) is 0 Å². The molecule has 0 unspecified atom stereocenters. The van der Waals surface area contributed by atoms with Crippen molar-refractivity contribution in [3.63, 3.8) is 0 Å². The maximum Gasteiger partial charge on any atom is 0.227 e. The molecule has 1 aliphatic heterocycles. The highest BCUT2D eigenvalue weighted by Crippen LogP contribution is 2.21. The summed E-state index contributed by atoms with van der Waals surface area (Å²) in [5.41, 5.74) is 8.87. The van der Waals surface area contributed by atoms with Gasteiger partial charge in [-0.3, -0.25) is 0 Å². The molecule has 0 atom stereocenters. The molecule has 5 nitrogen and oxygen atoms in total. The van der Waals surface area contributed by atoms with Gasteiger partial charge >= 0.3 is 0 Å². The van der Waals surface area contributed by atoms with Crippen LogP contribution in [0.5, 0.6) is 0 Å². The predicted molar refractivity (Wildman–Crippen MR) is 81.4 cm³/mol. The van der Waals surface area contributed by atoms with Crippen molar-refractivity contribution >= 4 is 11.8 Å². The minimum absolute atomic E-state index is 0.844. The molecule has 0 spiro atoms. The van der Waals surface area contributed by atoms with Crippen molar-refractivity contribution in [3.8, 4) is 0 Å². The van der Waals surface area contributed by atoms with Crippen molar-refractivity contribution in [1.29, 1.82) is 0 Å². The summed E-state index contributed by atoms with van der Waals surface area (Å²) in [4.78, 5) is 11.4. The average Bonchev–Trinajstić information content (AvgIpc) is 2.95. The zero-order chi connectivity index (χ0) is 13.9. The number of nitrogens with zero attached hydrogens (tertiary/aromatic N) is 3. The Kier molecular flexibility index (Phi) is 3.58. The summed E-state index contributed by atoms with van der Waals surface area (Å²) >= 11 is 0. The Balaban J connectivity index is 1.79. The van der Waals surface area contributed by atoms with Gasteiger partial charge < -0.3 is 16.0 Å². The molecule has 2 aliphatic rings. The SMILES string of the molecule is Cc1cc(NC2=CC=C(N)CC2)nc(N2CCCC2)n1. The largest absolute Gasteiger partial charge is 0.402 e. The van der Waals surface area contributed by atoms with Crippen molar-refractivity contribution < 1.29 is 0 Å². The molecule has 0 saturated carbocycles. The van der Waals surface area contributed by atoms with E-state index in [-0.39, 0.29) is 0 Å². The van der Waals surface area contributed by atoms with Crippen LogP contribution in [0.25, 0.3) is 0 Å². The number of nitrogens with one attached hydrogen (secondary N) is 1. The molecular weight excluding hydrogens is 250 g/mol. The lowest BCUT2D eigenvalue weighted by molar-refractivity contribution is 0.876. The van der Waals surface area contributed by atoms with Gasteiger partial charge in [-0.2, -0.15) is 4.98 Å². The molecule has 1 saturated heterocycles. The van der Waals surface area contributed by atoms with E-state index >= 15 is 0 Å². The Morgan fingerprint density at radius 2 is 1.95 bits per heavy atom. The molecule has 1 aliphatic carbocycles. The Morgan fingerprint density at radius 1 is 1.15 bits per heavy atom. The van der Waals surface area contributed by atoms with Crippen molar-refractivity contribution in [2.24, 2.45) is 5.73 Å². The highest BCUT2D eigenvalue weighted by atomic mass is 15.3. The summed E-state index contributed by atoms with van der Waals surface area (Å²) in [7, 11) is 0. The Labute approximate surface area is 119 Å². The normalized spacial score (nSPS) is 18.8. The maximum absolute atomic E-state index is 5.78. The number of hydrogen-bond donors (Lipinski definition) is 2. The van der Waals surface area contributed by atoms with Gasteiger partial charge in [0.25, 0.3) is 0 Å². The molecule has 20 heavy (non-hydrogen) atoms. The Morgan fingerprint density at radius 3 is 2.65 bits per heavy atom. The third-order valence-corrected chi connectivity index (χ3v) is 3.70. The second kappa shape index (κ2) is 5.53. The van der Waals surface area contributed by atoms with E-state index < -0.39 is 0 Å². The van der Waals surface area contributed by atoms with Gasteiger partial charge in [-0.15, -0.1) is 0 Å². The summed E-state index contributed by atoms with van der Waals surface area (Å²) in [6, 6.07) is 1.99. The van der Waals surface area contributed by atoms with Crippen molar-refractivity contribution in [2.45, 2.75) is 32.6 Å². The number of anilines is 2. The molecular formula is C15H21N5. The molecule has 3 N–H and O–H groups in total. The first kappa shape index (κ1) is 13.0. The second-order valence-corrected chi connectivity index (χ2v) is 5.45. The molecule has 0 amide bonds. The Bertz CT molecular complexity index is 555. The fraction of sp³-hybridized carbons (Fsp3) is 0.467. The molecule has 3 rings (SSSR count). The third-order valence-electron chi connectivity index (χ3n) is 3.70. The fourth-order valence-electron chi connectivity index (χ4n) is 2.60. The van der Waals surface area contributed by atoms with Gasteiger partial charge in [0.2, 0.25) is 5.95 Å². The van der Waals surface area contributed by atoms with E-state index in [1.54, 1.807) is 0 Å². The van der Waals surface area contributed by atoms with Gasteiger partial charge in [-0.25, -0.2) is 4.98 Å². The minimum atomic E-state index is 0.844. The highest BCUT2D eigenvalue weighted by Gasteiger charge is 2.16. The lowest BCUT2D eigenvalue weighted by atomic mass is 10.1. The second-order valence-electron chi connectivity index (χ2n) is 5.45. The minimum Gasteiger partial charge on any atom is -0.402 e. The smallest absolute Gasteiger partial charge is 0.227 e. The molecule has 0 bridgehead atoms. The molecule has 106 valence electrons. The molecule has 1 fully saturated rings. The van der Waals surface area contributed by atoms with Crippen LogP contribution >= 0.6 is 0 Å². The first-order valence-corrected chi connectivity index (χ1v) is 7.23. The van der Waals surface area contributed by atoms with Crippen molar-refractivity contribution in [1.82, 2.24) is 9.97 Å². The first-order valence-electron chi connectivity index (χ1n) is 7.23. The quantitative estimate of drug-likeness (QED) is 0.883. The summed E-state index contributed by atoms with van der Waals surface area (Å²) in [6.07, 6.45) is 8.30. The number of hydrogen-bond acceptors (Lipinski definition) is 5. The fourth-order valence-corrected chi connectivity index (χ4v) is 2.60. The molecule has 5 heteroatoms. The van der Waals surface area contributed by atoms with Crippen molar-refractivity contribution in [3.05, 3.63) is 35.3 Å². The van der Waals surface area contributed by atoms with Crippen LogP contribution in [-0.2, 0) is 0 Å². The van der Waals surface area contributed by atoms with Gasteiger partial charge in [-0.05, 0) is 44.8 Å². The van der Waals surface area contributed by atoms with E-state index in [9.17, 15) is 0 Å². The van der Waals surface area contributed by atoms with E-state index in [2.05, 4.69) is 20.2 Å². The Hall–Kier alpha value is -2.04. The van der Waals surface area contributed by atoms with Crippen LogP contribution in [0.2, 0.25) is 0 Å². The maximum atomic E-state index is 5.78. The lowest BCUT2D eigenvalue weighted by Gasteiger charge is -2.18. The van der Waals surface area contributed by atoms with Crippen LogP contribution in [-0.4, -0.2) is 23.1 Å². The van der Waals surface area contributed by atoms with Crippen LogP contribution in [0.15, 0.2) is 29.6 Å². The van der Waals surface area contributed by atoms with Gasteiger partial charge in [0.05, 0.1) is 0 Å². The summed E-state index contributed by atoms with van der Waals surface area (Å²) in [5, 5.41) is 3.39. The molecule has 0 aromatic carbocycles. The topological polar surface area (TPSA) is 67.1 Å². The van der Waals surface area contributed by atoms with Crippen LogP contribution < -0.4 is 16.0 Å². The number of aryl methyl sites for hydroxylation is 1. The van der Waals surface area contributed by atoms with Crippen molar-refractivity contribution in [2.75, 3.05) is 23.3 Å². The number of rotatable bonds is 3. The summed E-state index contributed by atoms with van der Waals surface area (Å²) in [6.45, 7) is 4.13. The van der Waals surface area contributed by atoms with E-state index in [1.165, 1.54) is 12.8 Å². The zero-order valence-electron chi connectivity index (χ0n) is 11.9. The first-order chi connectivity index (χ1) is 9.70. The number of aromatic nitrogens is 2. The summed E-state index contributed by atoms with van der Waals surface area (Å²) in [5.74, 6) is 1.72. The van der Waals surface area contributed by atoms with Gasteiger partial charge in [0.1, 0.15) is 5.82 Å². The average molecular weight is 271 g/mol. The number of allylic oxidation sites excluding steroid dienone is 4. The molecule has 2 heterocycles. The van der Waals surface area contributed by atoms with Crippen LogP contribution in [0.4, 0.5) is 11.8 Å². The van der Waals surface area contributed by atoms with E-state index in [4.69, 9.17) is 5.73 Å². The van der Waals surface area contributed by atoms with Crippen LogP contribution in [0.3, 0.4) is 0 Å². The predicted octanol–water partition coefficient (Wildman–Crippen LogP) is 2.32. The zero-order valence-corrected chi connectivity index (χ0v) is 11.9. The summed E-state index contributed by atoms with van der Waals surface area (Å²) < 4.78 is 0. The van der Waals surface area contributed by atoms with Gasteiger partial charge in [0, 0.05) is 36.2 Å². The van der Waals surface area contributed by atoms with E-state index in [0.717, 1.165) is 54.8 Å². The lowest BCUT2D eigenvalue weighted by Crippen LogP contribution is -2.21. The molecule has 0 radical (unpaired) electrons. The van der Waals surface area contributed by atoms with Gasteiger partial charge in [-0.1, -0.05) is 0 Å². The monoisotopic (exact) mass is 271 g/mol. The van der Waals surface area contributed by atoms with Gasteiger partial charge in [0.15, 0.2) is 0 Å². The highest BCUT2D eigenvalue weighted by molar-refractivity contribution is 5.48.